The van der Waals surface area contributed by atoms with Crippen LogP contribution in [0.25, 0.3) is 0 Å². The van der Waals surface area contributed by atoms with E-state index < -0.39 is 5.97 Å². The third kappa shape index (κ3) is 5.10. The highest BCUT2D eigenvalue weighted by atomic mass is 16.4. The van der Waals surface area contributed by atoms with Crippen molar-refractivity contribution in [3.05, 3.63) is 6.20 Å². The summed E-state index contributed by atoms with van der Waals surface area (Å²) in [6, 6.07) is 0. The van der Waals surface area contributed by atoms with E-state index >= 15 is 0 Å². The van der Waals surface area contributed by atoms with Crippen molar-refractivity contribution >= 4 is 17.7 Å². The Morgan fingerprint density at radius 1 is 1.47 bits per heavy atom. The van der Waals surface area contributed by atoms with Crippen LogP contribution in [0.1, 0.15) is 27.2 Å². The van der Waals surface area contributed by atoms with Gasteiger partial charge in [0.15, 0.2) is 12.4 Å². The molecule has 0 saturated carbocycles. The van der Waals surface area contributed by atoms with E-state index in [1.165, 1.54) is 6.20 Å². The van der Waals surface area contributed by atoms with E-state index in [0.717, 1.165) is 4.80 Å². The first-order valence-electron chi connectivity index (χ1n) is 5.18. The van der Waals surface area contributed by atoms with Gasteiger partial charge in [0.25, 0.3) is 0 Å². The molecule has 0 fully saturated rings. The molecule has 0 aliphatic carbocycles. The van der Waals surface area contributed by atoms with Crippen LogP contribution in [0.2, 0.25) is 0 Å². The van der Waals surface area contributed by atoms with Gasteiger partial charge in [-0.3, -0.25) is 9.59 Å². The molecule has 1 rings (SSSR count). The first-order chi connectivity index (χ1) is 7.76. The summed E-state index contributed by atoms with van der Waals surface area (Å²) < 4.78 is 0. The lowest BCUT2D eigenvalue weighted by Crippen LogP contribution is -2.20. The van der Waals surface area contributed by atoms with Gasteiger partial charge in [0, 0.05) is 6.42 Å². The molecule has 2 N–H and O–H groups in total. The molecule has 17 heavy (non-hydrogen) atoms. The molecule has 0 bridgehead atoms. The number of anilines is 1. The second-order valence-corrected chi connectivity index (χ2v) is 4.94. The predicted octanol–water partition coefficient (Wildman–Crippen LogP) is 0.737. The number of aliphatic carboxylic acids is 1. The van der Waals surface area contributed by atoms with Crippen LogP contribution in [0, 0.1) is 5.41 Å². The molecule has 0 aromatic carbocycles. The van der Waals surface area contributed by atoms with E-state index in [9.17, 15) is 9.59 Å². The smallest absolute Gasteiger partial charge is 0.327 e. The van der Waals surface area contributed by atoms with Crippen LogP contribution in [-0.2, 0) is 16.1 Å². The summed E-state index contributed by atoms with van der Waals surface area (Å²) >= 11 is 0. The fourth-order valence-corrected chi connectivity index (χ4v) is 1.22. The van der Waals surface area contributed by atoms with Crippen LogP contribution in [0.15, 0.2) is 6.20 Å². The Bertz CT molecular complexity index is 419. The fraction of sp³-hybridized carbons (Fsp3) is 0.600. The third-order valence-electron chi connectivity index (χ3n) is 1.77. The summed E-state index contributed by atoms with van der Waals surface area (Å²) in [7, 11) is 0. The van der Waals surface area contributed by atoms with Gasteiger partial charge in [0.2, 0.25) is 5.91 Å². The number of aromatic nitrogens is 3. The van der Waals surface area contributed by atoms with Gasteiger partial charge in [-0.05, 0) is 5.41 Å². The van der Waals surface area contributed by atoms with E-state index in [1.807, 2.05) is 20.8 Å². The van der Waals surface area contributed by atoms with E-state index in [1.54, 1.807) is 0 Å². The van der Waals surface area contributed by atoms with Crippen LogP contribution in [0.4, 0.5) is 5.82 Å². The SMILES string of the molecule is CC(C)(C)CC(=O)Nc1cnn(CC(=O)O)n1. The van der Waals surface area contributed by atoms with Gasteiger partial charge in [-0.25, -0.2) is 0 Å². The Morgan fingerprint density at radius 2 is 2.12 bits per heavy atom. The zero-order chi connectivity index (χ0) is 13.1. The number of amides is 1. The van der Waals surface area contributed by atoms with Gasteiger partial charge < -0.3 is 10.4 Å². The van der Waals surface area contributed by atoms with E-state index in [-0.39, 0.29) is 23.7 Å². The van der Waals surface area contributed by atoms with Gasteiger partial charge in [-0.2, -0.15) is 9.90 Å². The summed E-state index contributed by atoms with van der Waals surface area (Å²) in [6.07, 6.45) is 1.68. The fourth-order valence-electron chi connectivity index (χ4n) is 1.22. The van der Waals surface area contributed by atoms with Gasteiger partial charge in [-0.15, -0.1) is 5.10 Å². The molecule has 0 atom stereocenters. The Hall–Kier alpha value is -1.92. The van der Waals surface area contributed by atoms with Crippen LogP contribution < -0.4 is 5.32 Å². The van der Waals surface area contributed by atoms with Crippen molar-refractivity contribution < 1.29 is 14.7 Å². The minimum atomic E-state index is -1.03. The molecule has 1 heterocycles. The van der Waals surface area contributed by atoms with Gasteiger partial charge in [-0.1, -0.05) is 20.8 Å². The number of carboxylic acid groups (broad SMARTS) is 1. The van der Waals surface area contributed by atoms with Crippen LogP contribution in [0.3, 0.4) is 0 Å². The largest absolute Gasteiger partial charge is 0.480 e. The first-order valence-corrected chi connectivity index (χ1v) is 5.18. The van der Waals surface area contributed by atoms with Crippen LogP contribution in [-0.4, -0.2) is 32.0 Å². The number of hydrogen-bond donors (Lipinski definition) is 2. The lowest BCUT2D eigenvalue weighted by atomic mass is 9.92. The van der Waals surface area contributed by atoms with Crippen molar-refractivity contribution in [2.45, 2.75) is 33.7 Å². The molecule has 7 nitrogen and oxygen atoms in total. The molecule has 0 unspecified atom stereocenters. The normalized spacial score (nSPS) is 11.2. The van der Waals surface area contributed by atoms with Crippen molar-refractivity contribution in [3.8, 4) is 0 Å². The lowest BCUT2D eigenvalue weighted by Gasteiger charge is -2.16. The Kier molecular flexibility index (Phi) is 3.82. The number of rotatable bonds is 4. The van der Waals surface area contributed by atoms with Crippen molar-refractivity contribution in [1.29, 1.82) is 0 Å². The minimum absolute atomic E-state index is 0.110. The highest BCUT2D eigenvalue weighted by molar-refractivity contribution is 5.89. The second kappa shape index (κ2) is 4.94. The van der Waals surface area contributed by atoms with Crippen molar-refractivity contribution in [3.63, 3.8) is 0 Å². The monoisotopic (exact) mass is 240 g/mol. The topological polar surface area (TPSA) is 97.1 Å². The number of carboxylic acids is 1. The van der Waals surface area contributed by atoms with Gasteiger partial charge >= 0.3 is 5.97 Å². The number of hydrogen-bond acceptors (Lipinski definition) is 4. The molecule has 1 aromatic heterocycles. The molecule has 0 aliphatic heterocycles. The van der Waals surface area contributed by atoms with Crippen LogP contribution >= 0.6 is 0 Å². The highest BCUT2D eigenvalue weighted by Gasteiger charge is 2.16. The molecule has 1 amide bonds. The average molecular weight is 240 g/mol. The Balaban J connectivity index is 2.55. The van der Waals surface area contributed by atoms with Crippen molar-refractivity contribution in [2.75, 3.05) is 5.32 Å². The van der Waals surface area contributed by atoms with E-state index in [0.29, 0.717) is 6.42 Å². The number of carbonyl (C=O) groups excluding carboxylic acids is 1. The zero-order valence-electron chi connectivity index (χ0n) is 10.1. The van der Waals surface area contributed by atoms with Crippen molar-refractivity contribution in [1.82, 2.24) is 15.0 Å². The number of nitrogens with zero attached hydrogens (tertiary/aromatic N) is 3. The lowest BCUT2D eigenvalue weighted by molar-refractivity contribution is -0.138. The third-order valence-corrected chi connectivity index (χ3v) is 1.77. The standard InChI is InChI=1S/C10H16N4O3/c1-10(2,3)4-8(15)12-7-5-11-14(13-7)6-9(16)17/h5H,4,6H2,1-3H3,(H,16,17)(H,12,13,15). The summed E-state index contributed by atoms with van der Waals surface area (Å²) in [5, 5.41) is 18.6. The van der Waals surface area contributed by atoms with Crippen molar-refractivity contribution in [2.24, 2.45) is 5.41 Å². The molecule has 0 saturated heterocycles. The number of nitrogens with one attached hydrogen (secondary N) is 1. The predicted molar refractivity (Wildman–Crippen MR) is 60.4 cm³/mol. The zero-order valence-corrected chi connectivity index (χ0v) is 10.1. The Labute approximate surface area is 98.8 Å². The minimum Gasteiger partial charge on any atom is -0.480 e. The molecule has 94 valence electrons. The molecule has 0 spiro atoms. The summed E-state index contributed by atoms with van der Waals surface area (Å²) in [6.45, 7) is 5.53. The van der Waals surface area contributed by atoms with E-state index in [2.05, 4.69) is 15.5 Å². The molecule has 0 aliphatic rings. The molecule has 1 aromatic rings. The van der Waals surface area contributed by atoms with Gasteiger partial charge in [0.1, 0.15) is 0 Å². The second-order valence-electron chi connectivity index (χ2n) is 4.94. The molecular weight excluding hydrogens is 224 g/mol. The van der Waals surface area contributed by atoms with Crippen LogP contribution in [0.5, 0.6) is 0 Å². The van der Waals surface area contributed by atoms with Gasteiger partial charge in [0.05, 0.1) is 6.20 Å². The summed E-state index contributed by atoms with van der Waals surface area (Å²) in [5.41, 5.74) is -0.110. The maximum absolute atomic E-state index is 11.6. The molecular formula is C10H16N4O3. The highest BCUT2D eigenvalue weighted by Crippen LogP contribution is 2.18. The quantitative estimate of drug-likeness (QED) is 0.808. The summed E-state index contributed by atoms with van der Waals surface area (Å²) in [4.78, 5) is 23.0. The average Bonchev–Trinajstić information content (AvgIpc) is 2.46. The first kappa shape index (κ1) is 13.1. The number of carbonyl (C=O) groups is 2. The maximum atomic E-state index is 11.6. The molecule has 7 heteroatoms. The maximum Gasteiger partial charge on any atom is 0.327 e. The van der Waals surface area contributed by atoms with E-state index in [4.69, 9.17) is 5.11 Å². The Morgan fingerprint density at radius 3 is 2.65 bits per heavy atom. The summed E-state index contributed by atoms with van der Waals surface area (Å²) in [5.74, 6) is -0.937. The molecule has 0 radical (unpaired) electrons.